The molecule has 0 aliphatic rings. The summed E-state index contributed by atoms with van der Waals surface area (Å²) in [5.74, 6) is -0.703. The molecule has 76 valence electrons. The molecule has 0 saturated heterocycles. The summed E-state index contributed by atoms with van der Waals surface area (Å²) in [5, 5.41) is 2.71. The van der Waals surface area contributed by atoms with Crippen molar-refractivity contribution in [2.45, 2.75) is 13.0 Å². The van der Waals surface area contributed by atoms with Crippen molar-refractivity contribution < 1.29 is 13.9 Å². The summed E-state index contributed by atoms with van der Waals surface area (Å²) in [5.41, 5.74) is 0. The minimum Gasteiger partial charge on any atom is -0.467 e. The lowest BCUT2D eigenvalue weighted by molar-refractivity contribution is -0.141. The molecule has 4 nitrogen and oxygen atoms in total. The van der Waals surface area contributed by atoms with E-state index in [4.69, 9.17) is 0 Å². The number of nitrogens with one attached hydrogen (secondary N) is 1. The van der Waals surface area contributed by atoms with Gasteiger partial charge in [-0.05, 0) is 19.1 Å². The summed E-state index contributed by atoms with van der Waals surface area (Å²) in [6, 6.07) is 3.76. The molecule has 5 heteroatoms. The van der Waals surface area contributed by atoms with Gasteiger partial charge in [0, 0.05) is 0 Å². The number of pyridine rings is 1. The first-order valence-corrected chi connectivity index (χ1v) is 4.10. The molecule has 1 aromatic heterocycles. The van der Waals surface area contributed by atoms with Gasteiger partial charge in [0.25, 0.3) is 0 Å². The average molecular weight is 198 g/mol. The van der Waals surface area contributed by atoms with Crippen molar-refractivity contribution in [3.05, 3.63) is 24.1 Å². The van der Waals surface area contributed by atoms with Gasteiger partial charge in [-0.2, -0.15) is 4.39 Å². The molecule has 0 bridgehead atoms. The number of hydrogen-bond donors (Lipinski definition) is 1. The predicted octanol–water partition coefficient (Wildman–Crippen LogP) is 1.19. The number of ether oxygens (including phenoxy) is 1. The molecule has 0 radical (unpaired) electrons. The van der Waals surface area contributed by atoms with Crippen molar-refractivity contribution in [2.24, 2.45) is 0 Å². The monoisotopic (exact) mass is 198 g/mol. The van der Waals surface area contributed by atoms with Gasteiger partial charge >= 0.3 is 5.97 Å². The Bertz CT molecular complexity index is 330. The van der Waals surface area contributed by atoms with Crippen LogP contribution >= 0.6 is 0 Å². The third-order valence-electron chi connectivity index (χ3n) is 1.63. The lowest BCUT2D eigenvalue weighted by Crippen LogP contribution is -2.27. The largest absolute Gasteiger partial charge is 0.467 e. The molecule has 0 aromatic carbocycles. The maximum absolute atomic E-state index is 12.6. The van der Waals surface area contributed by atoms with Gasteiger partial charge in [-0.25, -0.2) is 9.78 Å². The second-order valence-electron chi connectivity index (χ2n) is 2.73. The second-order valence-corrected chi connectivity index (χ2v) is 2.73. The van der Waals surface area contributed by atoms with Crippen LogP contribution in [0.2, 0.25) is 0 Å². The van der Waals surface area contributed by atoms with Crippen molar-refractivity contribution in [1.29, 1.82) is 0 Å². The number of rotatable bonds is 3. The van der Waals surface area contributed by atoms with Crippen LogP contribution in [-0.2, 0) is 9.53 Å². The van der Waals surface area contributed by atoms with E-state index in [1.165, 1.54) is 19.2 Å². The van der Waals surface area contributed by atoms with Gasteiger partial charge in [0.15, 0.2) is 0 Å². The fourth-order valence-electron chi connectivity index (χ4n) is 0.946. The molecule has 0 spiro atoms. The molecule has 1 unspecified atom stereocenters. The van der Waals surface area contributed by atoms with E-state index in [9.17, 15) is 9.18 Å². The first-order chi connectivity index (χ1) is 6.63. The van der Waals surface area contributed by atoms with E-state index in [0.717, 1.165) is 0 Å². The first-order valence-electron chi connectivity index (χ1n) is 4.10. The number of aromatic nitrogens is 1. The topological polar surface area (TPSA) is 51.2 Å². The van der Waals surface area contributed by atoms with Crippen LogP contribution in [0.15, 0.2) is 18.2 Å². The summed E-state index contributed by atoms with van der Waals surface area (Å²) >= 11 is 0. The van der Waals surface area contributed by atoms with Gasteiger partial charge in [0.2, 0.25) is 5.95 Å². The zero-order valence-electron chi connectivity index (χ0n) is 7.95. The highest BCUT2D eigenvalue weighted by Gasteiger charge is 2.12. The van der Waals surface area contributed by atoms with Gasteiger partial charge in [-0.15, -0.1) is 0 Å². The SMILES string of the molecule is COC(=O)C(C)Nc1cccc(F)n1. The van der Waals surface area contributed by atoms with Gasteiger partial charge in [-0.3, -0.25) is 0 Å². The minimum absolute atomic E-state index is 0.308. The Morgan fingerprint density at radius 3 is 2.93 bits per heavy atom. The number of esters is 1. The van der Waals surface area contributed by atoms with Crippen LogP contribution in [0.5, 0.6) is 0 Å². The quantitative estimate of drug-likeness (QED) is 0.585. The van der Waals surface area contributed by atoms with Crippen LogP contribution < -0.4 is 5.32 Å². The minimum atomic E-state index is -0.591. The van der Waals surface area contributed by atoms with Crippen molar-refractivity contribution in [1.82, 2.24) is 4.98 Å². The molecule has 0 amide bonds. The summed E-state index contributed by atoms with van der Waals surface area (Å²) in [6.45, 7) is 1.61. The molecule has 0 saturated carbocycles. The highest BCUT2D eigenvalue weighted by atomic mass is 19.1. The highest BCUT2D eigenvalue weighted by Crippen LogP contribution is 2.05. The van der Waals surface area contributed by atoms with E-state index in [-0.39, 0.29) is 0 Å². The molecule has 1 aromatic rings. The number of hydrogen-bond acceptors (Lipinski definition) is 4. The number of carbonyl (C=O) groups is 1. The van der Waals surface area contributed by atoms with E-state index in [2.05, 4.69) is 15.0 Å². The molecule has 1 heterocycles. The molecular weight excluding hydrogens is 187 g/mol. The lowest BCUT2D eigenvalue weighted by Gasteiger charge is -2.11. The highest BCUT2D eigenvalue weighted by molar-refractivity contribution is 5.78. The van der Waals surface area contributed by atoms with Gasteiger partial charge in [-0.1, -0.05) is 6.07 Å². The number of methoxy groups -OCH3 is 1. The van der Waals surface area contributed by atoms with Gasteiger partial charge in [0.05, 0.1) is 7.11 Å². The van der Waals surface area contributed by atoms with Crippen LogP contribution in [0.1, 0.15) is 6.92 Å². The van der Waals surface area contributed by atoms with E-state index >= 15 is 0 Å². The number of anilines is 1. The van der Waals surface area contributed by atoms with E-state index in [1.54, 1.807) is 13.0 Å². The fourth-order valence-corrected chi connectivity index (χ4v) is 0.946. The standard InChI is InChI=1S/C9H11FN2O2/c1-6(9(13)14-2)11-8-5-3-4-7(10)12-8/h3-6H,1-2H3,(H,11,12). The summed E-state index contributed by atoms with van der Waals surface area (Å²) in [6.07, 6.45) is 0. The van der Waals surface area contributed by atoms with E-state index in [0.29, 0.717) is 5.82 Å². The lowest BCUT2D eigenvalue weighted by atomic mass is 10.3. The average Bonchev–Trinajstić information content (AvgIpc) is 2.16. The first kappa shape index (κ1) is 10.4. The number of halogens is 1. The maximum atomic E-state index is 12.6. The fraction of sp³-hybridized carbons (Fsp3) is 0.333. The van der Waals surface area contributed by atoms with Gasteiger partial charge in [0.1, 0.15) is 11.9 Å². The van der Waals surface area contributed by atoms with E-state index < -0.39 is 18.0 Å². The van der Waals surface area contributed by atoms with Crippen LogP contribution in [0.4, 0.5) is 10.2 Å². The van der Waals surface area contributed by atoms with Crippen molar-refractivity contribution >= 4 is 11.8 Å². The van der Waals surface area contributed by atoms with Crippen LogP contribution in [0.25, 0.3) is 0 Å². The zero-order valence-corrected chi connectivity index (χ0v) is 7.95. The third-order valence-corrected chi connectivity index (χ3v) is 1.63. The molecule has 14 heavy (non-hydrogen) atoms. The van der Waals surface area contributed by atoms with Crippen LogP contribution in [0, 0.1) is 5.95 Å². The number of carbonyl (C=O) groups excluding carboxylic acids is 1. The summed E-state index contributed by atoms with van der Waals surface area (Å²) in [4.78, 5) is 14.5. The Balaban J connectivity index is 2.64. The summed E-state index contributed by atoms with van der Waals surface area (Å²) in [7, 11) is 1.29. The van der Waals surface area contributed by atoms with Crippen LogP contribution in [0.3, 0.4) is 0 Å². The third kappa shape index (κ3) is 2.69. The molecule has 1 rings (SSSR count). The molecule has 1 atom stereocenters. The molecule has 0 aliphatic carbocycles. The van der Waals surface area contributed by atoms with Gasteiger partial charge < -0.3 is 10.1 Å². The zero-order chi connectivity index (χ0) is 10.6. The Hall–Kier alpha value is -1.65. The Labute approximate surface area is 81.1 Å². The van der Waals surface area contributed by atoms with Crippen molar-refractivity contribution in [3.8, 4) is 0 Å². The smallest absolute Gasteiger partial charge is 0.328 e. The molecule has 0 fully saturated rings. The Morgan fingerprint density at radius 1 is 1.64 bits per heavy atom. The van der Waals surface area contributed by atoms with Crippen molar-refractivity contribution in [3.63, 3.8) is 0 Å². The molecule has 0 aliphatic heterocycles. The molecular formula is C9H11FN2O2. The Morgan fingerprint density at radius 2 is 2.36 bits per heavy atom. The Kier molecular flexibility index (Phi) is 3.39. The summed E-state index contributed by atoms with van der Waals surface area (Å²) < 4.78 is 17.1. The number of nitrogens with zero attached hydrogens (tertiary/aromatic N) is 1. The maximum Gasteiger partial charge on any atom is 0.328 e. The predicted molar refractivity (Wildman–Crippen MR) is 49.3 cm³/mol. The van der Waals surface area contributed by atoms with E-state index in [1.807, 2.05) is 0 Å². The second kappa shape index (κ2) is 4.55. The van der Waals surface area contributed by atoms with Crippen molar-refractivity contribution in [2.75, 3.05) is 12.4 Å². The molecule has 1 N–H and O–H groups in total. The normalized spacial score (nSPS) is 11.9. The van der Waals surface area contributed by atoms with Crippen LogP contribution in [-0.4, -0.2) is 24.1 Å².